The van der Waals surface area contributed by atoms with E-state index in [9.17, 15) is 0 Å². The van der Waals surface area contributed by atoms with Crippen molar-refractivity contribution in [1.82, 2.24) is 0 Å². The molecule has 0 heterocycles. The summed E-state index contributed by atoms with van der Waals surface area (Å²) in [7, 11) is 0. The molecule has 0 saturated carbocycles. The third-order valence-corrected chi connectivity index (χ3v) is 3.82. The Hall–Kier alpha value is -3.38. The molecule has 154 valence electrons. The van der Waals surface area contributed by atoms with Crippen molar-refractivity contribution >= 4 is 0 Å². The number of hydrogen-bond donors (Lipinski definition) is 0. The van der Waals surface area contributed by atoms with E-state index in [0.29, 0.717) is 0 Å². The second-order valence-electron chi connectivity index (χ2n) is 6.37. The molecule has 0 atom stereocenters. The Balaban J connectivity index is 2.56. The third-order valence-electron chi connectivity index (χ3n) is 3.82. The van der Waals surface area contributed by atoms with Crippen LogP contribution in [0, 0.1) is 0 Å². The zero-order valence-corrected chi connectivity index (χ0v) is 17.8. The molecule has 0 radical (unpaired) electrons. The highest BCUT2D eigenvalue weighted by molar-refractivity contribution is 5.23. The monoisotopic (exact) mass is 394 g/mol. The van der Waals surface area contributed by atoms with Crippen molar-refractivity contribution in [3.63, 3.8) is 0 Å². The molecule has 1 rings (SSSR count). The molecule has 0 fully saturated rings. The van der Waals surface area contributed by atoms with Crippen molar-refractivity contribution < 1.29 is 0 Å². The van der Waals surface area contributed by atoms with Crippen LogP contribution in [-0.4, -0.2) is 0 Å². The summed E-state index contributed by atoms with van der Waals surface area (Å²) in [6, 6.07) is 0. The van der Waals surface area contributed by atoms with Gasteiger partial charge in [0.1, 0.15) is 0 Å². The molecule has 0 saturated heterocycles. The van der Waals surface area contributed by atoms with E-state index in [2.05, 4.69) is 48.6 Å². The molecule has 0 bridgehead atoms. The van der Waals surface area contributed by atoms with Crippen molar-refractivity contribution in [2.75, 3.05) is 0 Å². The first-order valence-corrected chi connectivity index (χ1v) is 10.6. The van der Waals surface area contributed by atoms with Gasteiger partial charge >= 0.3 is 0 Å². The number of rotatable bonds is 0. The summed E-state index contributed by atoms with van der Waals surface area (Å²) in [4.78, 5) is 0. The molecule has 0 aliphatic heterocycles. The highest BCUT2D eigenvalue weighted by Gasteiger charge is 1.82. The molecule has 30 heavy (non-hydrogen) atoms. The first kappa shape index (κ1) is 24.7. The molecule has 0 aromatic heterocycles. The Morgan fingerprint density at radius 3 is 0.567 bits per heavy atom. The van der Waals surface area contributed by atoms with Crippen LogP contribution in [0.2, 0.25) is 0 Å². The van der Waals surface area contributed by atoms with Gasteiger partial charge in [0.25, 0.3) is 0 Å². The number of allylic oxidation sites excluding steroid dienone is 26. The second kappa shape index (κ2) is 21.9. The van der Waals surface area contributed by atoms with E-state index in [1.165, 1.54) is 12.8 Å². The maximum Gasteiger partial charge on any atom is -0.0347 e. The minimum absolute atomic E-state index is 1.13. The largest absolute Gasteiger partial charge is 0.0845 e. The van der Waals surface area contributed by atoms with Crippen LogP contribution in [0.25, 0.3) is 0 Å². The first-order chi connectivity index (χ1) is 15.0. The lowest BCUT2D eigenvalue weighted by Gasteiger charge is -1.91. The predicted molar refractivity (Wildman–Crippen MR) is 137 cm³/mol. The highest BCUT2D eigenvalue weighted by Crippen LogP contribution is 2.02. The maximum atomic E-state index is 2.23. The summed E-state index contributed by atoms with van der Waals surface area (Å²) in [6.07, 6.45) is 58.0. The summed E-state index contributed by atoms with van der Waals surface area (Å²) in [5, 5.41) is 0. The fraction of sp³-hybridized carbons (Fsp3) is 0.133. The van der Waals surface area contributed by atoms with Crippen LogP contribution in [0.3, 0.4) is 0 Å². The molecular weight excluding hydrogens is 360 g/mol. The Morgan fingerprint density at radius 1 is 0.200 bits per heavy atom. The van der Waals surface area contributed by atoms with Gasteiger partial charge in [0.2, 0.25) is 0 Å². The fourth-order valence-corrected chi connectivity index (χ4v) is 2.29. The standard InChI is InChI=1S/C30H34/c1-2-4-6-8-10-12-14-16-18-20-22-24-26-28-30-29-27-25-23-21-19-17-15-13-11-9-7-5-3-1/h1-26H,27-30H2. The molecule has 0 heteroatoms. The van der Waals surface area contributed by atoms with Crippen LogP contribution in [0.15, 0.2) is 158 Å². The fourth-order valence-electron chi connectivity index (χ4n) is 2.29. The second-order valence-corrected chi connectivity index (χ2v) is 6.37. The third kappa shape index (κ3) is 19.4. The Bertz CT molecular complexity index is 723. The average molecular weight is 395 g/mol. The molecule has 1 aliphatic rings. The molecule has 0 nitrogen and oxygen atoms in total. The normalized spacial score (nSPS) is 17.1. The van der Waals surface area contributed by atoms with Crippen LogP contribution >= 0.6 is 0 Å². The van der Waals surface area contributed by atoms with Crippen LogP contribution in [0.4, 0.5) is 0 Å². The summed E-state index contributed by atoms with van der Waals surface area (Å²) < 4.78 is 0. The van der Waals surface area contributed by atoms with E-state index in [-0.39, 0.29) is 0 Å². The Labute approximate surface area is 183 Å². The zero-order chi connectivity index (χ0) is 21.2. The van der Waals surface area contributed by atoms with E-state index in [0.717, 1.165) is 12.8 Å². The molecule has 0 aromatic carbocycles. The SMILES string of the molecule is C1=CC=CC=CC=CC=CC=CC=CCCCCC=CC=CC=CC=CC=CC=C1. The Morgan fingerprint density at radius 2 is 0.367 bits per heavy atom. The quantitative estimate of drug-likeness (QED) is 0.385. The van der Waals surface area contributed by atoms with E-state index in [4.69, 9.17) is 0 Å². The molecule has 0 N–H and O–H groups in total. The highest BCUT2D eigenvalue weighted by atomic mass is 13.9. The van der Waals surface area contributed by atoms with Crippen LogP contribution in [-0.2, 0) is 0 Å². The maximum absolute atomic E-state index is 2.23. The van der Waals surface area contributed by atoms with Gasteiger partial charge in [-0.25, -0.2) is 0 Å². The molecule has 1 aliphatic carbocycles. The lowest BCUT2D eigenvalue weighted by molar-refractivity contribution is 0.762. The summed E-state index contributed by atoms with van der Waals surface area (Å²) in [6.45, 7) is 0. The lowest BCUT2D eigenvalue weighted by atomic mass is 10.2. The van der Waals surface area contributed by atoms with Gasteiger partial charge in [-0.3, -0.25) is 0 Å². The van der Waals surface area contributed by atoms with E-state index < -0.39 is 0 Å². The molecule has 0 amide bonds. The minimum atomic E-state index is 1.13. The predicted octanol–water partition coefficient (Wildman–Crippen LogP) is 8.79. The smallest absolute Gasteiger partial charge is 0.0347 e. The number of hydrogen-bond acceptors (Lipinski definition) is 0. The van der Waals surface area contributed by atoms with Crippen molar-refractivity contribution in [3.8, 4) is 0 Å². The minimum Gasteiger partial charge on any atom is -0.0845 e. The average Bonchev–Trinajstić information content (AvgIpc) is 2.76. The van der Waals surface area contributed by atoms with Gasteiger partial charge in [0.15, 0.2) is 0 Å². The molecule has 0 unspecified atom stereocenters. The van der Waals surface area contributed by atoms with Gasteiger partial charge < -0.3 is 0 Å². The molecular formula is C30H34. The van der Waals surface area contributed by atoms with Gasteiger partial charge in [0.05, 0.1) is 0 Å². The van der Waals surface area contributed by atoms with Crippen molar-refractivity contribution in [2.45, 2.75) is 25.7 Å². The molecule has 0 spiro atoms. The van der Waals surface area contributed by atoms with Crippen molar-refractivity contribution in [1.29, 1.82) is 0 Å². The van der Waals surface area contributed by atoms with Crippen LogP contribution in [0.5, 0.6) is 0 Å². The first-order valence-electron chi connectivity index (χ1n) is 10.6. The van der Waals surface area contributed by atoms with Crippen molar-refractivity contribution in [2.24, 2.45) is 0 Å². The molecule has 0 aromatic rings. The topological polar surface area (TPSA) is 0 Å². The summed E-state index contributed by atoms with van der Waals surface area (Å²) in [5.74, 6) is 0. The zero-order valence-electron chi connectivity index (χ0n) is 17.8. The van der Waals surface area contributed by atoms with Gasteiger partial charge in [-0.1, -0.05) is 158 Å². The van der Waals surface area contributed by atoms with Gasteiger partial charge in [-0.15, -0.1) is 0 Å². The van der Waals surface area contributed by atoms with E-state index in [1.54, 1.807) is 0 Å². The van der Waals surface area contributed by atoms with Crippen molar-refractivity contribution in [3.05, 3.63) is 158 Å². The Kier molecular flexibility index (Phi) is 18.0. The van der Waals surface area contributed by atoms with E-state index in [1.807, 2.05) is 109 Å². The van der Waals surface area contributed by atoms with Gasteiger partial charge in [-0.05, 0) is 25.7 Å². The van der Waals surface area contributed by atoms with Gasteiger partial charge in [-0.2, -0.15) is 0 Å². The summed E-state index contributed by atoms with van der Waals surface area (Å²) >= 11 is 0. The van der Waals surface area contributed by atoms with Crippen LogP contribution in [0.1, 0.15) is 25.7 Å². The van der Waals surface area contributed by atoms with Gasteiger partial charge in [0, 0.05) is 0 Å². The summed E-state index contributed by atoms with van der Waals surface area (Å²) in [5.41, 5.74) is 0. The van der Waals surface area contributed by atoms with E-state index >= 15 is 0 Å². The van der Waals surface area contributed by atoms with Crippen LogP contribution < -0.4 is 0 Å². The lowest BCUT2D eigenvalue weighted by Crippen LogP contribution is -1.71.